The highest BCUT2D eigenvalue weighted by Gasteiger charge is 2.19. The third-order valence-electron chi connectivity index (χ3n) is 2.57. The molecule has 1 saturated heterocycles. The Morgan fingerprint density at radius 3 is 2.92 bits per heavy atom. The van der Waals surface area contributed by atoms with Crippen molar-refractivity contribution in [1.82, 2.24) is 10.2 Å². The van der Waals surface area contributed by atoms with Gasteiger partial charge in [0, 0.05) is 24.2 Å². The fraction of sp³-hybridized carbons (Fsp3) is 0.800. The lowest BCUT2D eigenvalue weighted by Crippen LogP contribution is -2.46. The van der Waals surface area contributed by atoms with Crippen molar-refractivity contribution in [2.24, 2.45) is 0 Å². The quantitative estimate of drug-likeness (QED) is 0.748. The molecule has 0 bridgehead atoms. The van der Waals surface area contributed by atoms with E-state index in [-0.39, 0.29) is 0 Å². The minimum absolute atomic E-state index is 0.647. The van der Waals surface area contributed by atoms with Gasteiger partial charge in [-0.2, -0.15) is 0 Å². The Bertz CT molecular complexity index is 164. The molecule has 1 aliphatic rings. The number of nitrogens with one attached hydrogen (secondary N) is 1. The van der Waals surface area contributed by atoms with Gasteiger partial charge in [0.1, 0.15) is 0 Å². The number of hydrogen-bond donors (Lipinski definition) is 1. The summed E-state index contributed by atoms with van der Waals surface area (Å²) in [6, 6.07) is 0.647. The molecule has 1 aliphatic heterocycles. The Kier molecular flexibility index (Phi) is 4.78. The molecule has 0 aliphatic carbocycles. The van der Waals surface area contributed by atoms with Gasteiger partial charge in [-0.3, -0.25) is 4.90 Å². The molecule has 0 aromatic rings. The first kappa shape index (κ1) is 11.0. The topological polar surface area (TPSA) is 15.3 Å². The summed E-state index contributed by atoms with van der Waals surface area (Å²) in [5.74, 6) is 0. The summed E-state index contributed by atoms with van der Waals surface area (Å²) in [6.07, 6.45) is 2.56. The standard InChI is InChI=1S/C10H19ClN2/c1-3-13(8-9(2)11)10-5-4-6-12-7-10/h10,12H,2-8H2,1H3. The molecule has 3 heteroatoms. The molecule has 13 heavy (non-hydrogen) atoms. The van der Waals surface area contributed by atoms with Gasteiger partial charge in [-0.1, -0.05) is 25.1 Å². The number of hydrogen-bond acceptors (Lipinski definition) is 2. The van der Waals surface area contributed by atoms with E-state index in [0.29, 0.717) is 6.04 Å². The molecule has 0 amide bonds. The molecule has 1 rings (SSSR count). The number of piperidine rings is 1. The monoisotopic (exact) mass is 202 g/mol. The Balaban J connectivity index is 2.39. The first-order chi connectivity index (χ1) is 6.24. The maximum Gasteiger partial charge on any atom is 0.0339 e. The Morgan fingerprint density at radius 1 is 1.69 bits per heavy atom. The highest BCUT2D eigenvalue weighted by atomic mass is 35.5. The molecule has 1 atom stereocenters. The molecular weight excluding hydrogens is 184 g/mol. The molecular formula is C10H19ClN2. The molecule has 1 heterocycles. The zero-order valence-corrected chi connectivity index (χ0v) is 9.11. The predicted molar refractivity (Wildman–Crippen MR) is 58.1 cm³/mol. The van der Waals surface area contributed by atoms with Gasteiger partial charge in [-0.05, 0) is 25.9 Å². The summed E-state index contributed by atoms with van der Waals surface area (Å²) in [6.45, 7) is 10.1. The third-order valence-corrected chi connectivity index (χ3v) is 2.69. The Hall–Kier alpha value is -0.0500. The lowest BCUT2D eigenvalue weighted by atomic mass is 10.1. The average Bonchev–Trinajstić information content (AvgIpc) is 2.15. The van der Waals surface area contributed by atoms with Gasteiger partial charge in [0.05, 0.1) is 0 Å². The maximum absolute atomic E-state index is 5.81. The molecule has 1 fully saturated rings. The normalized spacial score (nSPS) is 23.5. The van der Waals surface area contributed by atoms with E-state index < -0.39 is 0 Å². The van der Waals surface area contributed by atoms with Crippen LogP contribution in [0.4, 0.5) is 0 Å². The highest BCUT2D eigenvalue weighted by molar-refractivity contribution is 6.29. The Labute approximate surface area is 85.9 Å². The van der Waals surface area contributed by atoms with E-state index in [0.717, 1.165) is 31.2 Å². The molecule has 0 spiro atoms. The second kappa shape index (κ2) is 5.63. The third kappa shape index (κ3) is 3.67. The van der Waals surface area contributed by atoms with Gasteiger partial charge in [-0.25, -0.2) is 0 Å². The van der Waals surface area contributed by atoms with Gasteiger partial charge >= 0.3 is 0 Å². The summed E-state index contributed by atoms with van der Waals surface area (Å²) in [4.78, 5) is 2.39. The van der Waals surface area contributed by atoms with Crippen LogP contribution in [0, 0.1) is 0 Å². The van der Waals surface area contributed by atoms with Crippen LogP contribution in [0.25, 0.3) is 0 Å². The van der Waals surface area contributed by atoms with Gasteiger partial charge in [0.25, 0.3) is 0 Å². The van der Waals surface area contributed by atoms with E-state index in [1.807, 2.05) is 0 Å². The van der Waals surface area contributed by atoms with Crippen LogP contribution >= 0.6 is 11.6 Å². The average molecular weight is 203 g/mol. The summed E-state index contributed by atoms with van der Waals surface area (Å²) < 4.78 is 0. The molecule has 0 aromatic carbocycles. The first-order valence-electron chi connectivity index (χ1n) is 5.02. The van der Waals surface area contributed by atoms with E-state index in [9.17, 15) is 0 Å². The second-order valence-corrected chi connectivity index (χ2v) is 4.12. The van der Waals surface area contributed by atoms with Gasteiger partial charge in [0.2, 0.25) is 0 Å². The largest absolute Gasteiger partial charge is 0.315 e. The molecule has 0 radical (unpaired) electrons. The molecule has 1 unspecified atom stereocenters. The van der Waals surface area contributed by atoms with Crippen LogP contribution in [-0.2, 0) is 0 Å². The van der Waals surface area contributed by atoms with Crippen molar-refractivity contribution in [2.45, 2.75) is 25.8 Å². The lowest BCUT2D eigenvalue weighted by molar-refractivity contribution is 0.190. The number of rotatable bonds is 4. The van der Waals surface area contributed by atoms with Crippen molar-refractivity contribution >= 4 is 11.6 Å². The van der Waals surface area contributed by atoms with Crippen molar-refractivity contribution in [2.75, 3.05) is 26.2 Å². The van der Waals surface area contributed by atoms with E-state index in [1.165, 1.54) is 12.8 Å². The zero-order valence-electron chi connectivity index (χ0n) is 8.35. The summed E-state index contributed by atoms with van der Waals surface area (Å²) >= 11 is 5.81. The molecule has 1 N–H and O–H groups in total. The zero-order chi connectivity index (χ0) is 9.68. The van der Waals surface area contributed by atoms with Crippen molar-refractivity contribution < 1.29 is 0 Å². The van der Waals surface area contributed by atoms with E-state index in [4.69, 9.17) is 11.6 Å². The number of halogens is 1. The Morgan fingerprint density at radius 2 is 2.46 bits per heavy atom. The lowest BCUT2D eigenvalue weighted by Gasteiger charge is -2.33. The minimum atomic E-state index is 0.647. The van der Waals surface area contributed by atoms with Crippen LogP contribution in [0.1, 0.15) is 19.8 Å². The molecule has 2 nitrogen and oxygen atoms in total. The number of nitrogens with zero attached hydrogens (tertiary/aromatic N) is 1. The minimum Gasteiger partial charge on any atom is -0.315 e. The van der Waals surface area contributed by atoms with Crippen molar-refractivity contribution in [3.63, 3.8) is 0 Å². The van der Waals surface area contributed by atoms with Crippen LogP contribution < -0.4 is 5.32 Å². The van der Waals surface area contributed by atoms with Crippen molar-refractivity contribution in [3.8, 4) is 0 Å². The van der Waals surface area contributed by atoms with Crippen LogP contribution in [0.5, 0.6) is 0 Å². The van der Waals surface area contributed by atoms with Gasteiger partial charge in [0.15, 0.2) is 0 Å². The molecule has 0 aromatic heterocycles. The fourth-order valence-electron chi connectivity index (χ4n) is 1.86. The van der Waals surface area contributed by atoms with Crippen LogP contribution in [0.2, 0.25) is 0 Å². The summed E-state index contributed by atoms with van der Waals surface area (Å²) in [5, 5.41) is 4.15. The fourth-order valence-corrected chi connectivity index (χ4v) is 2.02. The molecule has 0 saturated carbocycles. The van der Waals surface area contributed by atoms with Crippen LogP contribution in [0.3, 0.4) is 0 Å². The van der Waals surface area contributed by atoms with Crippen LogP contribution in [0.15, 0.2) is 11.6 Å². The first-order valence-corrected chi connectivity index (χ1v) is 5.40. The van der Waals surface area contributed by atoms with E-state index in [1.54, 1.807) is 0 Å². The SMILES string of the molecule is C=C(Cl)CN(CC)C1CCCNC1. The van der Waals surface area contributed by atoms with Crippen molar-refractivity contribution in [3.05, 3.63) is 11.6 Å². The smallest absolute Gasteiger partial charge is 0.0339 e. The highest BCUT2D eigenvalue weighted by Crippen LogP contribution is 2.12. The van der Waals surface area contributed by atoms with Crippen molar-refractivity contribution in [1.29, 1.82) is 0 Å². The van der Waals surface area contributed by atoms with Crippen LogP contribution in [-0.4, -0.2) is 37.1 Å². The van der Waals surface area contributed by atoms with Gasteiger partial charge in [-0.15, -0.1) is 0 Å². The van der Waals surface area contributed by atoms with Gasteiger partial charge < -0.3 is 5.32 Å². The summed E-state index contributed by atoms with van der Waals surface area (Å²) in [5.41, 5.74) is 0. The maximum atomic E-state index is 5.81. The second-order valence-electron chi connectivity index (χ2n) is 3.58. The van der Waals surface area contributed by atoms with E-state index in [2.05, 4.69) is 23.7 Å². The molecule has 76 valence electrons. The predicted octanol–water partition coefficient (Wildman–Crippen LogP) is 1.81. The summed E-state index contributed by atoms with van der Waals surface area (Å²) in [7, 11) is 0. The number of likely N-dealkylation sites (N-methyl/N-ethyl adjacent to an activating group) is 1. The van der Waals surface area contributed by atoms with E-state index >= 15 is 0 Å².